The first-order chi connectivity index (χ1) is 9.58. The van der Waals surface area contributed by atoms with Crippen LogP contribution in [0.3, 0.4) is 0 Å². The Morgan fingerprint density at radius 2 is 2.25 bits per heavy atom. The van der Waals surface area contributed by atoms with E-state index >= 15 is 0 Å². The van der Waals surface area contributed by atoms with Crippen molar-refractivity contribution in [2.45, 2.75) is 6.04 Å². The van der Waals surface area contributed by atoms with Crippen molar-refractivity contribution in [3.63, 3.8) is 0 Å². The standard InChI is InChI=1S/C13H10N2O4S/c1-19-7-3-2-6-4-9-10(8(6)5-7)14-13(20-9)15-11(16)12(17)18/h2-5,10H,1H3,(H,17,18)(H,14,15,16). The van der Waals surface area contributed by atoms with E-state index in [0.29, 0.717) is 5.17 Å². The molecule has 1 aliphatic carbocycles. The van der Waals surface area contributed by atoms with Gasteiger partial charge in [-0.2, -0.15) is 0 Å². The molecular formula is C13H10N2O4S. The molecule has 0 radical (unpaired) electrons. The number of rotatable bonds is 1. The maximum absolute atomic E-state index is 11.1. The lowest BCUT2D eigenvalue weighted by molar-refractivity contribution is -0.149. The summed E-state index contributed by atoms with van der Waals surface area (Å²) in [5.74, 6) is -1.87. The van der Waals surface area contributed by atoms with Crippen molar-refractivity contribution >= 4 is 34.9 Å². The minimum atomic E-state index is -1.53. The Labute approximate surface area is 118 Å². The number of carbonyl (C=O) groups is 2. The van der Waals surface area contributed by atoms with E-state index < -0.39 is 11.9 Å². The van der Waals surface area contributed by atoms with Crippen LogP contribution in [0.1, 0.15) is 17.2 Å². The van der Waals surface area contributed by atoms with Crippen molar-refractivity contribution in [1.82, 2.24) is 5.32 Å². The molecule has 1 aliphatic heterocycles. The summed E-state index contributed by atoms with van der Waals surface area (Å²) in [6.07, 6.45) is 1.98. The van der Waals surface area contributed by atoms with Crippen LogP contribution in [0.5, 0.6) is 5.75 Å². The van der Waals surface area contributed by atoms with Crippen molar-refractivity contribution in [2.24, 2.45) is 4.99 Å². The summed E-state index contributed by atoms with van der Waals surface area (Å²) in [6, 6.07) is 5.54. The van der Waals surface area contributed by atoms with Gasteiger partial charge in [0.25, 0.3) is 0 Å². The zero-order valence-electron chi connectivity index (χ0n) is 10.4. The lowest BCUT2D eigenvalue weighted by Crippen LogP contribution is -2.33. The molecule has 6 nitrogen and oxygen atoms in total. The number of nitrogens with one attached hydrogen (secondary N) is 1. The number of carboxylic acid groups (broad SMARTS) is 1. The summed E-state index contributed by atoms with van der Waals surface area (Å²) in [6.45, 7) is 0. The number of ether oxygens (including phenoxy) is 1. The number of nitrogens with zero attached hydrogens (tertiary/aromatic N) is 1. The van der Waals surface area contributed by atoms with Gasteiger partial charge in [-0.3, -0.25) is 10.1 Å². The minimum absolute atomic E-state index is 0.186. The van der Waals surface area contributed by atoms with E-state index in [-0.39, 0.29) is 6.04 Å². The second-order valence-corrected chi connectivity index (χ2v) is 5.30. The van der Waals surface area contributed by atoms with Gasteiger partial charge in [-0.05, 0) is 29.3 Å². The van der Waals surface area contributed by atoms with Crippen LogP contribution in [0.25, 0.3) is 6.08 Å². The molecule has 1 unspecified atom stereocenters. The number of thioether (sulfide) groups is 1. The number of hydrogen-bond donors (Lipinski definition) is 2. The smallest absolute Gasteiger partial charge is 0.394 e. The van der Waals surface area contributed by atoms with Crippen molar-refractivity contribution in [3.8, 4) is 5.75 Å². The number of hydrogen-bond acceptors (Lipinski definition) is 5. The lowest BCUT2D eigenvalue weighted by atomic mass is 10.1. The molecule has 3 rings (SSSR count). The van der Waals surface area contributed by atoms with Gasteiger partial charge < -0.3 is 9.84 Å². The topological polar surface area (TPSA) is 88.0 Å². The number of benzene rings is 1. The van der Waals surface area contributed by atoms with Crippen LogP contribution in [0.15, 0.2) is 28.1 Å². The number of amides is 1. The molecule has 0 saturated carbocycles. The van der Waals surface area contributed by atoms with E-state index in [1.807, 2.05) is 24.3 Å². The number of amidine groups is 1. The predicted octanol–water partition coefficient (Wildman–Crippen LogP) is 1.39. The fraction of sp³-hybridized carbons (Fsp3) is 0.154. The van der Waals surface area contributed by atoms with Gasteiger partial charge in [0.05, 0.1) is 7.11 Å². The number of carboxylic acids is 1. The van der Waals surface area contributed by atoms with E-state index in [2.05, 4.69) is 10.3 Å². The first-order valence-corrected chi connectivity index (χ1v) is 6.59. The first-order valence-electron chi connectivity index (χ1n) is 5.78. The van der Waals surface area contributed by atoms with Gasteiger partial charge in [-0.15, -0.1) is 0 Å². The molecule has 20 heavy (non-hydrogen) atoms. The molecule has 7 heteroatoms. The third kappa shape index (κ3) is 2.05. The molecule has 1 aromatic carbocycles. The highest BCUT2D eigenvalue weighted by molar-refractivity contribution is 8.17. The van der Waals surface area contributed by atoms with Crippen molar-refractivity contribution in [1.29, 1.82) is 0 Å². The summed E-state index contributed by atoms with van der Waals surface area (Å²) in [5, 5.41) is 11.1. The third-order valence-electron chi connectivity index (χ3n) is 3.03. The summed E-state index contributed by atoms with van der Waals surface area (Å²) >= 11 is 1.27. The van der Waals surface area contributed by atoms with Crippen LogP contribution in [0.4, 0.5) is 0 Å². The number of carbonyl (C=O) groups excluding carboxylic acids is 1. The highest BCUT2D eigenvalue weighted by atomic mass is 32.2. The monoisotopic (exact) mass is 290 g/mol. The average molecular weight is 290 g/mol. The zero-order chi connectivity index (χ0) is 14.3. The van der Waals surface area contributed by atoms with Crippen LogP contribution >= 0.6 is 11.8 Å². The van der Waals surface area contributed by atoms with E-state index in [4.69, 9.17) is 9.84 Å². The molecule has 1 amide bonds. The van der Waals surface area contributed by atoms with Gasteiger partial charge in [-0.25, -0.2) is 9.79 Å². The summed E-state index contributed by atoms with van der Waals surface area (Å²) in [4.78, 5) is 26.9. The van der Waals surface area contributed by atoms with Crippen molar-refractivity contribution in [2.75, 3.05) is 7.11 Å². The maximum atomic E-state index is 11.1. The molecule has 1 atom stereocenters. The molecule has 0 spiro atoms. The van der Waals surface area contributed by atoms with Crippen LogP contribution in [0.2, 0.25) is 0 Å². The molecule has 2 aliphatic rings. The van der Waals surface area contributed by atoms with Gasteiger partial charge in [0.1, 0.15) is 11.8 Å². The second-order valence-electron chi connectivity index (χ2n) is 4.24. The number of methoxy groups -OCH3 is 1. The number of fused-ring (bicyclic) bond motifs is 3. The lowest BCUT2D eigenvalue weighted by Gasteiger charge is -2.07. The van der Waals surface area contributed by atoms with E-state index in [0.717, 1.165) is 21.8 Å². The molecule has 0 saturated heterocycles. The SMILES string of the molecule is COc1ccc2c(c1)C1N=C(NC(=O)C(=O)O)SC1=C2. The Balaban J connectivity index is 1.86. The summed E-state index contributed by atoms with van der Waals surface area (Å²) in [5.41, 5.74) is 2.05. The normalized spacial score (nSPS) is 18.8. The fourth-order valence-corrected chi connectivity index (χ4v) is 3.12. The number of aliphatic carboxylic acids is 1. The molecule has 1 aromatic rings. The minimum Gasteiger partial charge on any atom is -0.497 e. The van der Waals surface area contributed by atoms with Crippen LogP contribution in [0, 0.1) is 0 Å². The molecule has 0 fully saturated rings. The summed E-state index contributed by atoms with van der Waals surface area (Å²) in [7, 11) is 1.59. The van der Waals surface area contributed by atoms with E-state index in [1.54, 1.807) is 7.11 Å². The highest BCUT2D eigenvalue weighted by Crippen LogP contribution is 2.48. The molecule has 102 valence electrons. The Bertz CT molecular complexity index is 681. The van der Waals surface area contributed by atoms with Crippen LogP contribution in [-0.2, 0) is 9.59 Å². The van der Waals surface area contributed by atoms with Gasteiger partial charge >= 0.3 is 11.9 Å². The van der Waals surface area contributed by atoms with Gasteiger partial charge in [0.2, 0.25) is 0 Å². The molecular weight excluding hydrogens is 280 g/mol. The molecule has 2 N–H and O–H groups in total. The summed E-state index contributed by atoms with van der Waals surface area (Å²) < 4.78 is 5.18. The maximum Gasteiger partial charge on any atom is 0.394 e. The van der Waals surface area contributed by atoms with Crippen molar-refractivity contribution < 1.29 is 19.4 Å². The third-order valence-corrected chi connectivity index (χ3v) is 4.01. The van der Waals surface area contributed by atoms with Gasteiger partial charge in [0.15, 0.2) is 5.17 Å². The average Bonchev–Trinajstić information content (AvgIpc) is 2.95. The fourth-order valence-electron chi connectivity index (χ4n) is 2.12. The van der Waals surface area contributed by atoms with E-state index in [1.165, 1.54) is 11.8 Å². The molecule has 0 bridgehead atoms. The van der Waals surface area contributed by atoms with Gasteiger partial charge in [0, 0.05) is 4.91 Å². The van der Waals surface area contributed by atoms with Crippen molar-refractivity contribution in [3.05, 3.63) is 34.2 Å². The van der Waals surface area contributed by atoms with Gasteiger partial charge in [-0.1, -0.05) is 17.8 Å². The Morgan fingerprint density at radius 3 is 2.95 bits per heavy atom. The quantitative estimate of drug-likeness (QED) is 0.763. The first kappa shape index (κ1) is 12.7. The Kier molecular flexibility index (Phi) is 2.98. The predicted molar refractivity (Wildman–Crippen MR) is 74.5 cm³/mol. The van der Waals surface area contributed by atoms with Crippen LogP contribution < -0.4 is 10.1 Å². The number of aliphatic imine (C=N–C) groups is 1. The Hall–Kier alpha value is -2.28. The van der Waals surface area contributed by atoms with E-state index in [9.17, 15) is 9.59 Å². The largest absolute Gasteiger partial charge is 0.497 e. The second kappa shape index (κ2) is 4.68. The van der Waals surface area contributed by atoms with Crippen LogP contribution in [-0.4, -0.2) is 29.3 Å². The molecule has 1 heterocycles. The zero-order valence-corrected chi connectivity index (χ0v) is 11.2. The highest BCUT2D eigenvalue weighted by Gasteiger charge is 2.33. The Morgan fingerprint density at radius 1 is 1.45 bits per heavy atom. The molecule has 0 aromatic heterocycles.